The lowest BCUT2D eigenvalue weighted by atomic mass is 10.2. The molecular formula is C18H19N5OS2. The Morgan fingerprint density at radius 2 is 1.81 bits per heavy atom. The van der Waals surface area contributed by atoms with E-state index in [1.807, 2.05) is 30.3 Å². The van der Waals surface area contributed by atoms with Crippen LogP contribution in [0.3, 0.4) is 0 Å². The van der Waals surface area contributed by atoms with Crippen molar-refractivity contribution in [3.05, 3.63) is 41.5 Å². The predicted molar refractivity (Wildman–Crippen MR) is 104 cm³/mol. The van der Waals surface area contributed by atoms with Gasteiger partial charge in [-0.1, -0.05) is 42.1 Å². The van der Waals surface area contributed by atoms with Gasteiger partial charge < -0.3 is 10.6 Å². The lowest BCUT2D eigenvalue weighted by molar-refractivity contribution is -0.115. The number of nitriles is 1. The Morgan fingerprint density at radius 1 is 1.15 bits per heavy atom. The van der Waals surface area contributed by atoms with Crippen LogP contribution >= 0.6 is 23.5 Å². The van der Waals surface area contributed by atoms with Crippen molar-refractivity contribution in [2.75, 3.05) is 23.7 Å². The molecule has 1 aliphatic rings. The van der Waals surface area contributed by atoms with Crippen molar-refractivity contribution in [2.45, 2.75) is 28.6 Å². The number of nitrogens with zero attached hydrogens (tertiary/aromatic N) is 4. The largest absolute Gasteiger partial charge is 0.369 e. The molecule has 2 aromatic rings. The zero-order chi connectivity index (χ0) is 18.4. The van der Waals surface area contributed by atoms with E-state index in [9.17, 15) is 10.1 Å². The van der Waals surface area contributed by atoms with Gasteiger partial charge in [-0.05, 0) is 18.4 Å². The Kier molecular flexibility index (Phi) is 6.36. The van der Waals surface area contributed by atoms with E-state index in [1.165, 1.54) is 23.5 Å². The van der Waals surface area contributed by atoms with E-state index in [0.717, 1.165) is 31.5 Å². The first kappa shape index (κ1) is 18.5. The maximum absolute atomic E-state index is 11.2. The molecule has 0 spiro atoms. The molecule has 0 bridgehead atoms. The normalized spacial score (nSPS) is 13.6. The molecule has 1 aromatic heterocycles. The Morgan fingerprint density at radius 3 is 2.42 bits per heavy atom. The van der Waals surface area contributed by atoms with Crippen molar-refractivity contribution in [1.29, 1.82) is 5.26 Å². The molecular weight excluding hydrogens is 366 g/mol. The van der Waals surface area contributed by atoms with Gasteiger partial charge in [0.2, 0.25) is 11.9 Å². The fourth-order valence-corrected chi connectivity index (χ4v) is 4.34. The van der Waals surface area contributed by atoms with E-state index in [1.54, 1.807) is 0 Å². The standard InChI is InChI=1S/C18H19N5OS2/c19-10-14-16(25-11-13-6-2-1-3-7-13)21-18(23-8-4-5-9-23)22-17(14)26-12-15(20)24/h1-3,6-7H,4-5,8-9,11-12H2,(H2,20,24). The maximum atomic E-state index is 11.2. The zero-order valence-electron chi connectivity index (χ0n) is 14.2. The molecule has 0 saturated carbocycles. The Bertz CT molecular complexity index is 816. The van der Waals surface area contributed by atoms with Crippen LogP contribution < -0.4 is 10.6 Å². The quantitative estimate of drug-likeness (QED) is 0.578. The van der Waals surface area contributed by atoms with Gasteiger partial charge in [0.05, 0.1) is 5.75 Å². The number of primary amides is 1. The summed E-state index contributed by atoms with van der Waals surface area (Å²) in [6, 6.07) is 12.3. The first-order valence-electron chi connectivity index (χ1n) is 8.32. The van der Waals surface area contributed by atoms with Crippen LogP contribution in [-0.2, 0) is 10.5 Å². The summed E-state index contributed by atoms with van der Waals surface area (Å²) in [5.41, 5.74) is 6.84. The van der Waals surface area contributed by atoms with E-state index in [-0.39, 0.29) is 5.75 Å². The monoisotopic (exact) mass is 385 g/mol. The molecule has 0 radical (unpaired) electrons. The minimum absolute atomic E-state index is 0.0912. The van der Waals surface area contributed by atoms with Crippen LogP contribution in [-0.4, -0.2) is 34.7 Å². The number of thioether (sulfide) groups is 2. The lowest BCUT2D eigenvalue weighted by Crippen LogP contribution is -2.21. The van der Waals surface area contributed by atoms with E-state index in [0.29, 0.717) is 27.3 Å². The van der Waals surface area contributed by atoms with Gasteiger partial charge in [-0.15, -0.1) is 11.8 Å². The van der Waals surface area contributed by atoms with Gasteiger partial charge in [0.1, 0.15) is 21.7 Å². The molecule has 8 heteroatoms. The molecule has 1 saturated heterocycles. The topological polar surface area (TPSA) is 95.9 Å². The van der Waals surface area contributed by atoms with Crippen molar-refractivity contribution in [3.63, 3.8) is 0 Å². The van der Waals surface area contributed by atoms with Crippen molar-refractivity contribution in [2.24, 2.45) is 5.73 Å². The number of carbonyl (C=O) groups is 1. The number of hydrogen-bond donors (Lipinski definition) is 1. The van der Waals surface area contributed by atoms with Gasteiger partial charge in [0, 0.05) is 18.8 Å². The Hall–Kier alpha value is -2.24. The molecule has 1 aromatic carbocycles. The van der Waals surface area contributed by atoms with Gasteiger partial charge in [-0.25, -0.2) is 9.97 Å². The highest BCUT2D eigenvalue weighted by molar-refractivity contribution is 8.00. The number of aromatic nitrogens is 2. The third-order valence-corrected chi connectivity index (χ3v) is 5.95. The second-order valence-corrected chi connectivity index (χ2v) is 7.77. The van der Waals surface area contributed by atoms with E-state index >= 15 is 0 Å². The van der Waals surface area contributed by atoms with Crippen molar-refractivity contribution in [3.8, 4) is 6.07 Å². The summed E-state index contributed by atoms with van der Waals surface area (Å²) < 4.78 is 0. The molecule has 0 aliphatic carbocycles. The molecule has 1 fully saturated rings. The highest BCUT2D eigenvalue weighted by Crippen LogP contribution is 2.32. The maximum Gasteiger partial charge on any atom is 0.227 e. The number of benzene rings is 1. The number of rotatable bonds is 7. The molecule has 134 valence electrons. The van der Waals surface area contributed by atoms with Crippen molar-refractivity contribution in [1.82, 2.24) is 9.97 Å². The average Bonchev–Trinajstić information content (AvgIpc) is 3.19. The van der Waals surface area contributed by atoms with Crippen LogP contribution in [0.1, 0.15) is 24.0 Å². The molecule has 2 N–H and O–H groups in total. The van der Waals surface area contributed by atoms with Crippen molar-refractivity contribution < 1.29 is 4.79 Å². The number of hydrogen-bond acceptors (Lipinski definition) is 7. The van der Waals surface area contributed by atoms with E-state index in [4.69, 9.17) is 5.73 Å². The summed E-state index contributed by atoms with van der Waals surface area (Å²) in [6.07, 6.45) is 2.22. The average molecular weight is 386 g/mol. The minimum atomic E-state index is -0.432. The summed E-state index contributed by atoms with van der Waals surface area (Å²) in [7, 11) is 0. The highest BCUT2D eigenvalue weighted by Gasteiger charge is 2.21. The van der Waals surface area contributed by atoms with Crippen molar-refractivity contribution >= 4 is 35.4 Å². The summed E-state index contributed by atoms with van der Waals surface area (Å²) >= 11 is 2.72. The fraction of sp³-hybridized carbons (Fsp3) is 0.333. The molecule has 1 amide bonds. The lowest BCUT2D eigenvalue weighted by Gasteiger charge is -2.18. The zero-order valence-corrected chi connectivity index (χ0v) is 15.9. The Labute approximate surface area is 161 Å². The third-order valence-electron chi connectivity index (χ3n) is 3.90. The highest BCUT2D eigenvalue weighted by atomic mass is 32.2. The van der Waals surface area contributed by atoms with Crippen LogP contribution in [0.4, 0.5) is 5.95 Å². The first-order valence-corrected chi connectivity index (χ1v) is 10.3. The first-order chi connectivity index (χ1) is 12.7. The summed E-state index contributed by atoms with van der Waals surface area (Å²) in [4.78, 5) is 22.5. The molecule has 3 rings (SSSR count). The SMILES string of the molecule is N#Cc1c(SCC(N)=O)nc(N2CCCC2)nc1SCc1ccccc1. The third kappa shape index (κ3) is 4.68. The summed E-state index contributed by atoms with van der Waals surface area (Å²) in [5, 5.41) is 10.8. The van der Waals surface area contributed by atoms with Crippen LogP contribution in [0.5, 0.6) is 0 Å². The van der Waals surface area contributed by atoms with Crippen LogP contribution in [0.25, 0.3) is 0 Å². The number of nitrogens with two attached hydrogens (primary N) is 1. The van der Waals surface area contributed by atoms with E-state index < -0.39 is 5.91 Å². The van der Waals surface area contributed by atoms with Gasteiger partial charge in [0.25, 0.3) is 0 Å². The summed E-state index contributed by atoms with van der Waals surface area (Å²) in [5.74, 6) is 1.00. The summed E-state index contributed by atoms with van der Waals surface area (Å²) in [6.45, 7) is 1.82. The number of carbonyl (C=O) groups excluding carboxylic acids is 1. The predicted octanol–water partition coefficient (Wildman–Crippen LogP) is 2.82. The molecule has 0 atom stereocenters. The molecule has 0 unspecified atom stereocenters. The van der Waals surface area contributed by atoms with Crippen LogP contribution in [0, 0.1) is 11.3 Å². The molecule has 26 heavy (non-hydrogen) atoms. The van der Waals surface area contributed by atoms with E-state index in [2.05, 4.69) is 20.9 Å². The molecule has 1 aliphatic heterocycles. The smallest absolute Gasteiger partial charge is 0.227 e. The van der Waals surface area contributed by atoms with Gasteiger partial charge in [-0.2, -0.15) is 5.26 Å². The number of amides is 1. The fourth-order valence-electron chi connectivity index (χ4n) is 2.64. The van der Waals surface area contributed by atoms with Gasteiger partial charge in [-0.3, -0.25) is 4.79 Å². The molecule has 2 heterocycles. The van der Waals surface area contributed by atoms with Gasteiger partial charge in [0.15, 0.2) is 0 Å². The number of anilines is 1. The van der Waals surface area contributed by atoms with Gasteiger partial charge >= 0.3 is 0 Å². The van der Waals surface area contributed by atoms with Crippen LogP contribution in [0.15, 0.2) is 40.4 Å². The second kappa shape index (κ2) is 8.92. The Balaban J connectivity index is 1.91. The van der Waals surface area contributed by atoms with Crippen LogP contribution in [0.2, 0.25) is 0 Å². The molecule has 6 nitrogen and oxygen atoms in total. The minimum Gasteiger partial charge on any atom is -0.369 e. The second-order valence-electron chi connectivity index (χ2n) is 5.84.